The number of carboxylic acids is 1. The number of carbonyl (C=O) groups excluding carboxylic acids is 1. The zero-order chi connectivity index (χ0) is 15.4. The second-order valence-corrected chi connectivity index (χ2v) is 5.80. The van der Waals surface area contributed by atoms with Gasteiger partial charge < -0.3 is 10.4 Å². The van der Waals surface area contributed by atoms with Gasteiger partial charge in [0.05, 0.1) is 5.92 Å². The Morgan fingerprint density at radius 3 is 2.76 bits per heavy atom. The fraction of sp³-hybridized carbons (Fsp3) is 0.375. The second kappa shape index (κ2) is 6.76. The summed E-state index contributed by atoms with van der Waals surface area (Å²) in [5.74, 6) is -1.32. The van der Waals surface area contributed by atoms with E-state index in [4.69, 9.17) is 16.7 Å². The van der Waals surface area contributed by atoms with Crippen molar-refractivity contribution >= 4 is 29.6 Å². The summed E-state index contributed by atoms with van der Waals surface area (Å²) in [5.41, 5.74) is 1.85. The van der Waals surface area contributed by atoms with Crippen LogP contribution in [0.4, 0.5) is 0 Å². The van der Waals surface area contributed by atoms with Gasteiger partial charge in [0.25, 0.3) is 0 Å². The van der Waals surface area contributed by atoms with Gasteiger partial charge in [-0.15, -0.1) is 0 Å². The summed E-state index contributed by atoms with van der Waals surface area (Å²) >= 11 is 6.02. The molecule has 0 bridgehead atoms. The van der Waals surface area contributed by atoms with Gasteiger partial charge in [-0.3, -0.25) is 9.59 Å². The number of carboxylic acid groups (broad SMARTS) is 1. The molecule has 2 atom stereocenters. The van der Waals surface area contributed by atoms with Gasteiger partial charge in [-0.1, -0.05) is 23.7 Å². The molecular weight excluding hydrogens is 290 g/mol. The monoisotopic (exact) mass is 307 g/mol. The van der Waals surface area contributed by atoms with Gasteiger partial charge in [0, 0.05) is 17.1 Å². The average Bonchev–Trinajstić information content (AvgIpc) is 2.89. The average molecular weight is 308 g/mol. The van der Waals surface area contributed by atoms with E-state index >= 15 is 0 Å². The van der Waals surface area contributed by atoms with Crippen molar-refractivity contribution in [3.05, 3.63) is 40.4 Å². The molecule has 0 radical (unpaired) electrons. The largest absolute Gasteiger partial charge is 0.481 e. The van der Waals surface area contributed by atoms with Crippen molar-refractivity contribution in [1.29, 1.82) is 0 Å². The minimum atomic E-state index is -0.781. The van der Waals surface area contributed by atoms with E-state index in [0.29, 0.717) is 24.3 Å². The molecule has 1 saturated carbocycles. The van der Waals surface area contributed by atoms with Gasteiger partial charge in [0.2, 0.25) is 5.91 Å². The first kappa shape index (κ1) is 15.6. The Balaban J connectivity index is 1.88. The van der Waals surface area contributed by atoms with Crippen molar-refractivity contribution in [3.63, 3.8) is 0 Å². The van der Waals surface area contributed by atoms with Crippen LogP contribution in [0.2, 0.25) is 5.02 Å². The van der Waals surface area contributed by atoms with Crippen LogP contribution < -0.4 is 5.32 Å². The molecule has 4 nitrogen and oxygen atoms in total. The maximum Gasteiger partial charge on any atom is 0.306 e. The van der Waals surface area contributed by atoms with Crippen molar-refractivity contribution in [1.82, 2.24) is 5.32 Å². The highest BCUT2D eigenvalue weighted by Crippen LogP contribution is 2.25. The van der Waals surface area contributed by atoms with Gasteiger partial charge in [0.1, 0.15) is 0 Å². The van der Waals surface area contributed by atoms with E-state index in [1.807, 2.05) is 19.1 Å². The maximum absolute atomic E-state index is 11.8. The minimum absolute atomic E-state index is 0.0511. The van der Waals surface area contributed by atoms with E-state index in [0.717, 1.165) is 11.1 Å². The fourth-order valence-electron chi connectivity index (χ4n) is 2.47. The number of carbonyl (C=O) groups is 2. The standard InChI is InChI=1S/C16H18ClNO3/c1-10-2-3-11(8-14(10)17)4-7-15(19)18-13-6-5-12(9-13)16(20)21/h2-4,7-8,12-13H,5-6,9H2,1H3,(H,18,19)(H,20,21)/b7-4+/t12-,13+/m1/s1. The van der Waals surface area contributed by atoms with Crippen LogP contribution in [0.1, 0.15) is 30.4 Å². The number of nitrogens with one attached hydrogen (secondary N) is 1. The number of rotatable bonds is 4. The van der Waals surface area contributed by atoms with Gasteiger partial charge in [-0.25, -0.2) is 0 Å². The second-order valence-electron chi connectivity index (χ2n) is 5.40. The molecule has 1 aliphatic carbocycles. The topological polar surface area (TPSA) is 66.4 Å². The summed E-state index contributed by atoms with van der Waals surface area (Å²) in [7, 11) is 0. The Labute approximate surface area is 128 Å². The molecule has 1 amide bonds. The lowest BCUT2D eigenvalue weighted by molar-refractivity contribution is -0.141. The Kier molecular flexibility index (Phi) is 5.02. The van der Waals surface area contributed by atoms with E-state index in [-0.39, 0.29) is 17.9 Å². The Morgan fingerprint density at radius 1 is 1.38 bits per heavy atom. The third-order valence-electron chi connectivity index (χ3n) is 3.75. The highest BCUT2D eigenvalue weighted by molar-refractivity contribution is 6.31. The predicted octanol–water partition coefficient (Wildman–Crippen LogP) is 3.03. The highest BCUT2D eigenvalue weighted by Gasteiger charge is 2.30. The summed E-state index contributed by atoms with van der Waals surface area (Å²) in [6.07, 6.45) is 5.00. The zero-order valence-corrected chi connectivity index (χ0v) is 12.6. The van der Waals surface area contributed by atoms with E-state index < -0.39 is 5.97 Å². The third kappa shape index (κ3) is 4.33. The molecule has 0 spiro atoms. The number of halogens is 1. The third-order valence-corrected chi connectivity index (χ3v) is 4.16. The van der Waals surface area contributed by atoms with Crippen molar-refractivity contribution < 1.29 is 14.7 Å². The smallest absolute Gasteiger partial charge is 0.306 e. The van der Waals surface area contributed by atoms with Gasteiger partial charge >= 0.3 is 5.97 Å². The maximum atomic E-state index is 11.8. The molecule has 0 heterocycles. The first-order valence-corrected chi connectivity index (χ1v) is 7.31. The van der Waals surface area contributed by atoms with Crippen LogP contribution in [0.3, 0.4) is 0 Å². The van der Waals surface area contributed by atoms with Crippen LogP contribution in [0.15, 0.2) is 24.3 Å². The van der Waals surface area contributed by atoms with Crippen molar-refractivity contribution in [2.75, 3.05) is 0 Å². The number of aliphatic carboxylic acids is 1. The number of benzene rings is 1. The van der Waals surface area contributed by atoms with Crippen LogP contribution in [0.25, 0.3) is 6.08 Å². The predicted molar refractivity (Wildman–Crippen MR) is 82.1 cm³/mol. The van der Waals surface area contributed by atoms with Crippen LogP contribution >= 0.6 is 11.6 Å². The molecule has 21 heavy (non-hydrogen) atoms. The first-order valence-electron chi connectivity index (χ1n) is 6.93. The van der Waals surface area contributed by atoms with Crippen molar-refractivity contribution in [2.24, 2.45) is 5.92 Å². The van der Waals surface area contributed by atoms with E-state index in [1.165, 1.54) is 6.08 Å². The summed E-state index contributed by atoms with van der Waals surface area (Å²) < 4.78 is 0. The van der Waals surface area contributed by atoms with Crippen LogP contribution in [-0.2, 0) is 9.59 Å². The zero-order valence-electron chi connectivity index (χ0n) is 11.8. The quantitative estimate of drug-likeness (QED) is 0.840. The van der Waals surface area contributed by atoms with E-state index in [9.17, 15) is 9.59 Å². The number of amides is 1. The molecule has 0 saturated heterocycles. The Morgan fingerprint density at radius 2 is 2.14 bits per heavy atom. The highest BCUT2D eigenvalue weighted by atomic mass is 35.5. The van der Waals surface area contributed by atoms with Crippen LogP contribution in [-0.4, -0.2) is 23.0 Å². The van der Waals surface area contributed by atoms with E-state index in [2.05, 4.69) is 5.32 Å². The molecule has 2 N–H and O–H groups in total. The lowest BCUT2D eigenvalue weighted by Crippen LogP contribution is -2.31. The molecule has 0 unspecified atom stereocenters. The van der Waals surface area contributed by atoms with Crippen LogP contribution in [0, 0.1) is 12.8 Å². The molecule has 1 aromatic rings. The SMILES string of the molecule is Cc1ccc(/C=C/C(=O)N[C@H]2CC[C@@H](C(=O)O)C2)cc1Cl. The van der Waals surface area contributed by atoms with Gasteiger partial charge in [-0.05, 0) is 49.5 Å². The molecule has 5 heteroatoms. The summed E-state index contributed by atoms with van der Waals surface area (Å²) in [5, 5.41) is 12.4. The Bertz CT molecular complexity index is 583. The molecular formula is C16H18ClNO3. The number of hydrogen-bond acceptors (Lipinski definition) is 2. The van der Waals surface area contributed by atoms with Gasteiger partial charge in [-0.2, -0.15) is 0 Å². The fourth-order valence-corrected chi connectivity index (χ4v) is 2.66. The molecule has 1 fully saturated rings. The summed E-state index contributed by atoms with van der Waals surface area (Å²) in [4.78, 5) is 22.7. The molecule has 1 aromatic carbocycles. The number of aryl methyl sites for hydroxylation is 1. The Hall–Kier alpha value is -1.81. The summed E-state index contributed by atoms with van der Waals surface area (Å²) in [6.45, 7) is 1.92. The van der Waals surface area contributed by atoms with Crippen molar-refractivity contribution in [3.8, 4) is 0 Å². The first-order chi connectivity index (χ1) is 9.95. The molecule has 0 aromatic heterocycles. The van der Waals surface area contributed by atoms with Crippen LogP contribution in [0.5, 0.6) is 0 Å². The lowest BCUT2D eigenvalue weighted by Gasteiger charge is -2.10. The lowest BCUT2D eigenvalue weighted by atomic mass is 10.1. The minimum Gasteiger partial charge on any atom is -0.481 e. The normalized spacial score (nSPS) is 21.6. The molecule has 112 valence electrons. The molecule has 1 aliphatic rings. The van der Waals surface area contributed by atoms with Crippen molar-refractivity contribution in [2.45, 2.75) is 32.2 Å². The summed E-state index contributed by atoms with van der Waals surface area (Å²) in [6, 6.07) is 5.54. The molecule has 0 aliphatic heterocycles. The molecule has 2 rings (SSSR count). The number of hydrogen-bond donors (Lipinski definition) is 2. The van der Waals surface area contributed by atoms with E-state index in [1.54, 1.807) is 12.1 Å². The van der Waals surface area contributed by atoms with Gasteiger partial charge in [0.15, 0.2) is 0 Å².